The maximum Gasteiger partial charge on any atom is 0.341 e. The standard InChI is InChI=1S/C20H20N2O4S/c23-16(24)11-26-13-9-7-12(8-10-13)18-21-19(25)17-14-5-3-1-2-4-6-15(14)27-20(17)22-18/h7-10H,1-6,11H2,(H,23,24)(H,21,22,25). The molecule has 27 heavy (non-hydrogen) atoms. The Labute approximate surface area is 159 Å². The molecule has 1 aliphatic rings. The fourth-order valence-electron chi connectivity index (χ4n) is 3.51. The first kappa shape index (κ1) is 17.7. The Morgan fingerprint density at radius 1 is 1.15 bits per heavy atom. The van der Waals surface area contributed by atoms with Gasteiger partial charge >= 0.3 is 5.97 Å². The van der Waals surface area contributed by atoms with Crippen molar-refractivity contribution in [1.29, 1.82) is 0 Å². The largest absolute Gasteiger partial charge is 0.482 e. The van der Waals surface area contributed by atoms with Gasteiger partial charge in [0.2, 0.25) is 0 Å². The van der Waals surface area contributed by atoms with Gasteiger partial charge in [-0.15, -0.1) is 11.3 Å². The number of thiophene rings is 1. The van der Waals surface area contributed by atoms with E-state index in [-0.39, 0.29) is 12.2 Å². The van der Waals surface area contributed by atoms with Crippen molar-refractivity contribution in [2.75, 3.05) is 6.61 Å². The summed E-state index contributed by atoms with van der Waals surface area (Å²) >= 11 is 1.64. The molecule has 2 aromatic heterocycles. The summed E-state index contributed by atoms with van der Waals surface area (Å²) in [4.78, 5) is 33.1. The molecule has 1 aliphatic carbocycles. The smallest absolute Gasteiger partial charge is 0.341 e. The second-order valence-corrected chi connectivity index (χ2v) is 7.80. The minimum atomic E-state index is -1.02. The van der Waals surface area contributed by atoms with Crippen LogP contribution in [0.2, 0.25) is 0 Å². The predicted octanol–water partition coefficient (Wildman–Crippen LogP) is 3.77. The lowest BCUT2D eigenvalue weighted by molar-refractivity contribution is -0.139. The SMILES string of the molecule is O=C(O)COc1ccc(-c2nc3sc4c(c3c(=O)[nH]2)CCCCCC4)cc1. The van der Waals surface area contributed by atoms with Crippen LogP contribution in [0, 0.1) is 0 Å². The van der Waals surface area contributed by atoms with Gasteiger partial charge in [0.1, 0.15) is 16.4 Å². The molecule has 0 bridgehead atoms. The van der Waals surface area contributed by atoms with Gasteiger partial charge in [0.05, 0.1) is 5.39 Å². The number of nitrogens with one attached hydrogen (secondary N) is 1. The van der Waals surface area contributed by atoms with Crippen LogP contribution in [0.5, 0.6) is 5.75 Å². The third-order valence-electron chi connectivity index (χ3n) is 4.82. The summed E-state index contributed by atoms with van der Waals surface area (Å²) in [6, 6.07) is 6.89. The summed E-state index contributed by atoms with van der Waals surface area (Å²) in [5.41, 5.74) is 1.86. The average Bonchev–Trinajstić information content (AvgIpc) is 2.97. The molecule has 0 amide bonds. The summed E-state index contributed by atoms with van der Waals surface area (Å²) in [5, 5.41) is 9.42. The van der Waals surface area contributed by atoms with E-state index < -0.39 is 5.97 Å². The molecule has 0 unspecified atom stereocenters. The number of aryl methyl sites for hydroxylation is 2. The van der Waals surface area contributed by atoms with Crippen LogP contribution in [0.25, 0.3) is 21.6 Å². The summed E-state index contributed by atoms with van der Waals surface area (Å²) in [7, 11) is 0. The van der Waals surface area contributed by atoms with Crippen molar-refractivity contribution < 1.29 is 14.6 Å². The van der Waals surface area contributed by atoms with Crippen LogP contribution in [0.3, 0.4) is 0 Å². The molecule has 140 valence electrons. The third-order valence-corrected chi connectivity index (χ3v) is 6.00. The Bertz CT molecular complexity index is 1040. The molecule has 4 rings (SSSR count). The highest BCUT2D eigenvalue weighted by Crippen LogP contribution is 2.33. The van der Waals surface area contributed by atoms with E-state index in [1.807, 2.05) is 0 Å². The lowest BCUT2D eigenvalue weighted by atomic mass is 9.98. The molecule has 2 N–H and O–H groups in total. The molecule has 3 aromatic rings. The van der Waals surface area contributed by atoms with Gasteiger partial charge in [-0.25, -0.2) is 9.78 Å². The molecule has 0 radical (unpaired) electrons. The molecular weight excluding hydrogens is 364 g/mol. The van der Waals surface area contributed by atoms with E-state index in [4.69, 9.17) is 14.8 Å². The molecule has 2 heterocycles. The zero-order valence-corrected chi connectivity index (χ0v) is 15.6. The lowest BCUT2D eigenvalue weighted by Gasteiger charge is -2.08. The molecule has 0 atom stereocenters. The van der Waals surface area contributed by atoms with E-state index in [0.29, 0.717) is 11.6 Å². The van der Waals surface area contributed by atoms with Gasteiger partial charge in [0.25, 0.3) is 5.56 Å². The number of aromatic nitrogens is 2. The number of carboxylic acid groups (broad SMARTS) is 1. The molecule has 1 aromatic carbocycles. The average molecular weight is 384 g/mol. The molecule has 7 heteroatoms. The number of ether oxygens (including phenoxy) is 1. The number of carbonyl (C=O) groups is 1. The van der Waals surface area contributed by atoms with E-state index in [1.165, 1.54) is 29.7 Å². The normalized spacial score (nSPS) is 14.4. The third kappa shape index (κ3) is 3.73. The topological polar surface area (TPSA) is 92.3 Å². The Morgan fingerprint density at radius 3 is 2.63 bits per heavy atom. The number of fused-ring (bicyclic) bond motifs is 3. The molecule has 0 aliphatic heterocycles. The van der Waals surface area contributed by atoms with Gasteiger partial charge in [0, 0.05) is 10.4 Å². The van der Waals surface area contributed by atoms with Crippen molar-refractivity contribution in [3.05, 3.63) is 45.1 Å². The highest BCUT2D eigenvalue weighted by Gasteiger charge is 2.18. The number of rotatable bonds is 4. The van der Waals surface area contributed by atoms with Crippen molar-refractivity contribution >= 4 is 27.5 Å². The lowest BCUT2D eigenvalue weighted by Crippen LogP contribution is -2.11. The van der Waals surface area contributed by atoms with E-state index in [9.17, 15) is 9.59 Å². The Morgan fingerprint density at radius 2 is 1.89 bits per heavy atom. The Kier molecular flexibility index (Phi) is 4.94. The van der Waals surface area contributed by atoms with Crippen LogP contribution in [0.1, 0.15) is 36.1 Å². The molecule has 0 saturated heterocycles. The first-order valence-corrected chi connectivity index (χ1v) is 9.93. The number of hydrogen-bond acceptors (Lipinski definition) is 5. The summed E-state index contributed by atoms with van der Waals surface area (Å²) in [6.45, 7) is -0.388. The molecular formula is C20H20N2O4S. The van der Waals surface area contributed by atoms with Crippen molar-refractivity contribution in [2.24, 2.45) is 0 Å². The fraction of sp³-hybridized carbons (Fsp3) is 0.350. The van der Waals surface area contributed by atoms with Crippen molar-refractivity contribution in [3.8, 4) is 17.1 Å². The van der Waals surface area contributed by atoms with Gasteiger partial charge in [-0.1, -0.05) is 12.8 Å². The zero-order valence-electron chi connectivity index (χ0n) is 14.8. The van der Waals surface area contributed by atoms with Crippen LogP contribution in [-0.2, 0) is 17.6 Å². The van der Waals surface area contributed by atoms with Gasteiger partial charge in [0.15, 0.2) is 6.61 Å². The second-order valence-electron chi connectivity index (χ2n) is 6.72. The van der Waals surface area contributed by atoms with E-state index in [1.54, 1.807) is 35.6 Å². The van der Waals surface area contributed by atoms with Crippen molar-refractivity contribution in [2.45, 2.75) is 38.5 Å². The number of hydrogen-bond donors (Lipinski definition) is 2. The number of aliphatic carboxylic acids is 1. The fourth-order valence-corrected chi connectivity index (χ4v) is 4.77. The monoisotopic (exact) mass is 384 g/mol. The molecule has 0 fully saturated rings. The highest BCUT2D eigenvalue weighted by atomic mass is 32.1. The van der Waals surface area contributed by atoms with E-state index >= 15 is 0 Å². The van der Waals surface area contributed by atoms with Crippen LogP contribution >= 0.6 is 11.3 Å². The molecule has 0 spiro atoms. The van der Waals surface area contributed by atoms with Gasteiger partial charge in [-0.3, -0.25) is 4.79 Å². The first-order valence-electron chi connectivity index (χ1n) is 9.11. The Balaban J connectivity index is 1.69. The second kappa shape index (κ2) is 7.52. The zero-order chi connectivity index (χ0) is 18.8. The summed E-state index contributed by atoms with van der Waals surface area (Å²) in [5.74, 6) is -0.0426. The van der Waals surface area contributed by atoms with Gasteiger partial charge in [-0.05, 0) is 55.5 Å². The summed E-state index contributed by atoms with van der Waals surface area (Å²) in [6.07, 6.45) is 6.74. The van der Waals surface area contributed by atoms with E-state index in [2.05, 4.69) is 4.98 Å². The van der Waals surface area contributed by atoms with Crippen LogP contribution in [-0.4, -0.2) is 27.7 Å². The maximum atomic E-state index is 12.8. The van der Waals surface area contributed by atoms with Gasteiger partial charge < -0.3 is 14.8 Å². The Hall–Kier alpha value is -2.67. The minimum Gasteiger partial charge on any atom is -0.482 e. The minimum absolute atomic E-state index is 0.0840. The number of carboxylic acids is 1. The van der Waals surface area contributed by atoms with Crippen LogP contribution < -0.4 is 10.3 Å². The van der Waals surface area contributed by atoms with Crippen molar-refractivity contribution in [1.82, 2.24) is 9.97 Å². The number of benzene rings is 1. The molecule has 6 nitrogen and oxygen atoms in total. The predicted molar refractivity (Wildman–Crippen MR) is 105 cm³/mol. The van der Waals surface area contributed by atoms with Crippen LogP contribution in [0.15, 0.2) is 29.1 Å². The number of H-pyrrole nitrogens is 1. The van der Waals surface area contributed by atoms with Crippen LogP contribution in [0.4, 0.5) is 0 Å². The first-order chi connectivity index (χ1) is 13.1. The summed E-state index contributed by atoms with van der Waals surface area (Å²) < 4.78 is 5.14. The number of nitrogens with zero attached hydrogens (tertiary/aromatic N) is 1. The van der Waals surface area contributed by atoms with E-state index in [0.717, 1.165) is 35.0 Å². The maximum absolute atomic E-state index is 12.8. The van der Waals surface area contributed by atoms with Crippen molar-refractivity contribution in [3.63, 3.8) is 0 Å². The molecule has 0 saturated carbocycles. The quantitative estimate of drug-likeness (QED) is 0.714. The van der Waals surface area contributed by atoms with Gasteiger partial charge in [-0.2, -0.15) is 0 Å². The highest BCUT2D eigenvalue weighted by molar-refractivity contribution is 7.18. The number of aromatic amines is 1.